The molecule has 1 saturated heterocycles. The van der Waals surface area contributed by atoms with Crippen molar-refractivity contribution in [3.05, 3.63) is 47.3 Å². The Bertz CT molecular complexity index is 483. The lowest BCUT2D eigenvalue weighted by molar-refractivity contribution is 0.171. The molecule has 0 unspecified atom stereocenters. The molecule has 1 aliphatic heterocycles. The fourth-order valence-electron chi connectivity index (χ4n) is 2.55. The van der Waals surface area contributed by atoms with Crippen LogP contribution in [0.2, 0.25) is 0 Å². The van der Waals surface area contributed by atoms with Crippen molar-refractivity contribution in [3.8, 4) is 0 Å². The maximum Gasteiger partial charge on any atom is 0.194 e. The number of nitrogens with zero attached hydrogens (tertiary/aromatic N) is 1. The smallest absolute Gasteiger partial charge is 0.194 e. The van der Waals surface area contributed by atoms with Gasteiger partial charge in [0, 0.05) is 32.2 Å². The summed E-state index contributed by atoms with van der Waals surface area (Å²) in [5, 5.41) is 3.23. The Hall–Kier alpha value is -0.750. The number of halogens is 5. The van der Waals surface area contributed by atoms with Gasteiger partial charge in [-0.1, -0.05) is 5.57 Å². The van der Waals surface area contributed by atoms with Gasteiger partial charge in [-0.05, 0) is 31.0 Å². The van der Waals surface area contributed by atoms with Crippen molar-refractivity contribution in [3.63, 3.8) is 0 Å². The van der Waals surface area contributed by atoms with Gasteiger partial charge in [0.2, 0.25) is 0 Å². The van der Waals surface area contributed by atoms with Crippen LogP contribution in [-0.2, 0) is 0 Å². The molecule has 0 amide bonds. The van der Waals surface area contributed by atoms with E-state index in [1.165, 1.54) is 0 Å². The van der Waals surface area contributed by atoms with E-state index in [0.717, 1.165) is 43.9 Å². The minimum absolute atomic E-state index is 0. The summed E-state index contributed by atoms with van der Waals surface area (Å²) >= 11 is 0. The average molecular weight is 357 g/mol. The van der Waals surface area contributed by atoms with E-state index < -0.39 is 17.5 Å². The van der Waals surface area contributed by atoms with Crippen molar-refractivity contribution >= 4 is 24.8 Å². The molecule has 0 spiro atoms. The molecular formula is C15H21Cl2F3N2. The van der Waals surface area contributed by atoms with Gasteiger partial charge in [0.05, 0.1) is 0 Å². The molecule has 1 atom stereocenters. The zero-order valence-corrected chi connectivity index (χ0v) is 14.0. The second-order valence-corrected chi connectivity index (χ2v) is 5.26. The molecule has 0 aromatic heterocycles. The topological polar surface area (TPSA) is 15.3 Å². The van der Waals surface area contributed by atoms with Crippen LogP contribution >= 0.6 is 24.8 Å². The van der Waals surface area contributed by atoms with Crippen molar-refractivity contribution in [2.45, 2.75) is 19.4 Å². The number of benzene rings is 1. The summed E-state index contributed by atoms with van der Waals surface area (Å²) in [4.78, 5) is 2.15. The standard InChI is InChI=1S/C15H19F3N2.2ClH/c1-10(2)7-14(20-5-3-19-4-6-20)11-8-12(16)15(18)13(17)9-11;;/h8-9,14,19H,1,3-7H2,2H3;2*1H/t14-;;/m1../s1. The summed E-state index contributed by atoms with van der Waals surface area (Å²) in [6.07, 6.45) is 0.602. The first kappa shape index (κ1) is 21.2. The number of piperazine rings is 1. The summed E-state index contributed by atoms with van der Waals surface area (Å²) in [5.41, 5.74) is 1.39. The van der Waals surface area contributed by atoms with Crippen LogP contribution in [0.3, 0.4) is 0 Å². The lowest BCUT2D eigenvalue weighted by atomic mass is 9.97. The molecule has 0 saturated carbocycles. The summed E-state index contributed by atoms with van der Waals surface area (Å²) in [5.74, 6) is -3.69. The molecule has 0 radical (unpaired) electrons. The van der Waals surface area contributed by atoms with Crippen molar-refractivity contribution in [1.29, 1.82) is 0 Å². The molecule has 1 aromatic carbocycles. The van der Waals surface area contributed by atoms with Crippen molar-refractivity contribution in [1.82, 2.24) is 10.2 Å². The number of hydrogen-bond donors (Lipinski definition) is 1. The first-order valence-corrected chi connectivity index (χ1v) is 6.72. The average Bonchev–Trinajstić information content (AvgIpc) is 2.42. The van der Waals surface area contributed by atoms with Gasteiger partial charge >= 0.3 is 0 Å². The minimum atomic E-state index is -1.41. The van der Waals surface area contributed by atoms with Crippen molar-refractivity contribution < 1.29 is 13.2 Å². The Labute approximate surface area is 141 Å². The second-order valence-electron chi connectivity index (χ2n) is 5.26. The van der Waals surface area contributed by atoms with E-state index in [0.29, 0.717) is 12.0 Å². The van der Waals surface area contributed by atoms with Crippen LogP contribution in [0.4, 0.5) is 13.2 Å². The largest absolute Gasteiger partial charge is 0.314 e. The summed E-state index contributed by atoms with van der Waals surface area (Å²) in [6, 6.07) is 2.02. The van der Waals surface area contributed by atoms with E-state index in [2.05, 4.69) is 16.8 Å². The van der Waals surface area contributed by atoms with Gasteiger partial charge in [-0.3, -0.25) is 4.90 Å². The van der Waals surface area contributed by atoms with Crippen LogP contribution in [0.15, 0.2) is 24.3 Å². The predicted molar refractivity (Wildman–Crippen MR) is 87.4 cm³/mol. The van der Waals surface area contributed by atoms with Crippen LogP contribution in [0.5, 0.6) is 0 Å². The van der Waals surface area contributed by atoms with Gasteiger partial charge in [0.15, 0.2) is 17.5 Å². The van der Waals surface area contributed by atoms with Crippen molar-refractivity contribution in [2.75, 3.05) is 26.2 Å². The SMILES string of the molecule is C=C(C)C[C@H](c1cc(F)c(F)c(F)c1)N1CCNCC1.Cl.Cl. The fourth-order valence-corrected chi connectivity index (χ4v) is 2.55. The highest BCUT2D eigenvalue weighted by Gasteiger charge is 2.24. The molecule has 1 aliphatic rings. The monoisotopic (exact) mass is 356 g/mol. The van der Waals surface area contributed by atoms with Gasteiger partial charge in [-0.15, -0.1) is 31.4 Å². The second kappa shape index (κ2) is 9.40. The Morgan fingerprint density at radius 3 is 2.14 bits per heavy atom. The number of hydrogen-bond acceptors (Lipinski definition) is 2. The van der Waals surface area contributed by atoms with Crippen LogP contribution in [0.1, 0.15) is 24.9 Å². The zero-order chi connectivity index (χ0) is 14.7. The van der Waals surface area contributed by atoms with Crippen LogP contribution in [-0.4, -0.2) is 31.1 Å². The first-order valence-electron chi connectivity index (χ1n) is 6.72. The minimum Gasteiger partial charge on any atom is -0.314 e. The maximum atomic E-state index is 13.4. The van der Waals surface area contributed by atoms with Gasteiger partial charge in [0.25, 0.3) is 0 Å². The van der Waals surface area contributed by atoms with E-state index in [1.54, 1.807) is 0 Å². The molecule has 7 heteroatoms. The lowest BCUT2D eigenvalue weighted by Crippen LogP contribution is -2.45. The molecule has 2 rings (SSSR count). The normalized spacial score (nSPS) is 16.4. The lowest BCUT2D eigenvalue weighted by Gasteiger charge is -2.35. The van der Waals surface area contributed by atoms with E-state index in [9.17, 15) is 13.2 Å². The number of rotatable bonds is 4. The third-order valence-corrected chi connectivity index (χ3v) is 3.53. The predicted octanol–water partition coefficient (Wildman–Crippen LogP) is 3.86. The van der Waals surface area contributed by atoms with Crippen molar-refractivity contribution in [2.24, 2.45) is 0 Å². The first-order chi connectivity index (χ1) is 9.49. The molecule has 1 aromatic rings. The van der Waals surface area contributed by atoms with E-state index in [1.807, 2.05) is 6.92 Å². The molecule has 1 fully saturated rings. The quantitative estimate of drug-likeness (QED) is 0.650. The highest BCUT2D eigenvalue weighted by molar-refractivity contribution is 5.85. The molecule has 1 N–H and O–H groups in total. The number of nitrogens with one attached hydrogen (secondary N) is 1. The molecule has 1 heterocycles. The highest BCUT2D eigenvalue weighted by atomic mass is 35.5. The molecule has 126 valence electrons. The molecule has 2 nitrogen and oxygen atoms in total. The third-order valence-electron chi connectivity index (χ3n) is 3.53. The van der Waals surface area contributed by atoms with Gasteiger partial charge < -0.3 is 5.32 Å². The van der Waals surface area contributed by atoms with E-state index >= 15 is 0 Å². The Balaban J connectivity index is 0.00000220. The maximum absolute atomic E-state index is 13.4. The van der Waals surface area contributed by atoms with Crippen LogP contribution in [0, 0.1) is 17.5 Å². The molecule has 0 bridgehead atoms. The highest BCUT2D eigenvalue weighted by Crippen LogP contribution is 2.29. The summed E-state index contributed by atoms with van der Waals surface area (Å²) < 4.78 is 40.0. The van der Waals surface area contributed by atoms with Gasteiger partial charge in [0.1, 0.15) is 0 Å². The Morgan fingerprint density at radius 2 is 1.68 bits per heavy atom. The summed E-state index contributed by atoms with van der Waals surface area (Å²) in [6.45, 7) is 9.00. The van der Waals surface area contributed by atoms with Gasteiger partial charge in [-0.2, -0.15) is 0 Å². The van der Waals surface area contributed by atoms with Gasteiger partial charge in [-0.25, -0.2) is 13.2 Å². The third kappa shape index (κ3) is 5.16. The summed E-state index contributed by atoms with van der Waals surface area (Å²) in [7, 11) is 0. The zero-order valence-electron chi connectivity index (χ0n) is 12.4. The Kier molecular flexibility index (Phi) is 9.08. The van der Waals surface area contributed by atoms with E-state index in [-0.39, 0.29) is 30.9 Å². The van der Waals surface area contributed by atoms with E-state index in [4.69, 9.17) is 0 Å². The van der Waals surface area contributed by atoms with Crippen LogP contribution < -0.4 is 5.32 Å². The molecule has 22 heavy (non-hydrogen) atoms. The van der Waals surface area contributed by atoms with Crippen LogP contribution in [0.25, 0.3) is 0 Å². The molecule has 0 aliphatic carbocycles. The Morgan fingerprint density at radius 1 is 1.18 bits per heavy atom. The molecular weight excluding hydrogens is 336 g/mol. The fraction of sp³-hybridized carbons (Fsp3) is 0.467.